The van der Waals surface area contributed by atoms with Crippen LogP contribution in [0.3, 0.4) is 0 Å². The summed E-state index contributed by atoms with van der Waals surface area (Å²) in [5, 5.41) is 21.1. The van der Waals surface area contributed by atoms with Crippen LogP contribution in [0.1, 0.15) is 19.3 Å². The van der Waals surface area contributed by atoms with Crippen molar-refractivity contribution in [3.05, 3.63) is 12.4 Å². The molecule has 1 aromatic rings. The standard InChI is InChI=1S/C10H17N5O3/c16-9(17)3-1-2-4-11-10(18)12-5-7-15-8-6-13-14-15/h6,8H,1-5,7H2,(H,16,17)(H2,11,12,18). The number of carboxylic acid groups (broad SMARTS) is 1. The molecule has 1 aromatic heterocycles. The van der Waals surface area contributed by atoms with E-state index in [4.69, 9.17) is 5.11 Å². The molecule has 0 atom stereocenters. The minimum absolute atomic E-state index is 0.135. The first-order valence-electron chi connectivity index (χ1n) is 5.76. The maximum Gasteiger partial charge on any atom is 0.314 e. The van der Waals surface area contributed by atoms with Crippen molar-refractivity contribution < 1.29 is 14.7 Å². The van der Waals surface area contributed by atoms with Crippen molar-refractivity contribution in [2.75, 3.05) is 13.1 Å². The largest absolute Gasteiger partial charge is 0.481 e. The number of aromatic nitrogens is 3. The third-order valence-corrected chi connectivity index (χ3v) is 2.20. The zero-order valence-corrected chi connectivity index (χ0v) is 10.0. The van der Waals surface area contributed by atoms with Gasteiger partial charge in [-0.05, 0) is 12.8 Å². The highest BCUT2D eigenvalue weighted by Crippen LogP contribution is 1.93. The van der Waals surface area contributed by atoms with Crippen LogP contribution >= 0.6 is 0 Å². The molecule has 0 aliphatic rings. The molecule has 1 rings (SSSR count). The Morgan fingerprint density at radius 1 is 1.22 bits per heavy atom. The predicted octanol–water partition coefficient (Wildman–Crippen LogP) is -0.168. The number of hydrogen-bond acceptors (Lipinski definition) is 4. The van der Waals surface area contributed by atoms with Crippen molar-refractivity contribution in [3.8, 4) is 0 Å². The highest BCUT2D eigenvalue weighted by molar-refractivity contribution is 5.73. The molecule has 18 heavy (non-hydrogen) atoms. The molecule has 0 unspecified atom stereocenters. The minimum Gasteiger partial charge on any atom is -0.481 e. The average molecular weight is 255 g/mol. The molecule has 0 aliphatic heterocycles. The summed E-state index contributed by atoms with van der Waals surface area (Å²) in [5.41, 5.74) is 0. The topological polar surface area (TPSA) is 109 Å². The number of unbranched alkanes of at least 4 members (excludes halogenated alkanes) is 1. The van der Waals surface area contributed by atoms with Gasteiger partial charge >= 0.3 is 12.0 Å². The number of nitrogens with zero attached hydrogens (tertiary/aromatic N) is 3. The second-order valence-corrected chi connectivity index (χ2v) is 3.70. The van der Waals surface area contributed by atoms with Crippen molar-refractivity contribution in [2.45, 2.75) is 25.8 Å². The van der Waals surface area contributed by atoms with Crippen LogP contribution in [0.5, 0.6) is 0 Å². The number of hydrogen-bond donors (Lipinski definition) is 3. The molecule has 0 radical (unpaired) electrons. The second kappa shape index (κ2) is 8.04. The van der Waals surface area contributed by atoms with Crippen LogP contribution in [0, 0.1) is 0 Å². The molecule has 0 spiro atoms. The van der Waals surface area contributed by atoms with E-state index in [1.54, 1.807) is 17.1 Å². The summed E-state index contributed by atoms with van der Waals surface area (Å²) in [6.45, 7) is 1.50. The SMILES string of the molecule is O=C(O)CCCCNC(=O)NCCn1ccnn1. The normalized spacial score (nSPS) is 10.0. The van der Waals surface area contributed by atoms with E-state index in [1.807, 2.05) is 0 Å². The summed E-state index contributed by atoms with van der Waals surface area (Å²) >= 11 is 0. The van der Waals surface area contributed by atoms with Gasteiger partial charge in [-0.2, -0.15) is 0 Å². The second-order valence-electron chi connectivity index (χ2n) is 3.70. The summed E-state index contributed by atoms with van der Waals surface area (Å²) in [5.74, 6) is -0.813. The van der Waals surface area contributed by atoms with E-state index in [9.17, 15) is 9.59 Å². The van der Waals surface area contributed by atoms with E-state index in [0.29, 0.717) is 32.5 Å². The van der Waals surface area contributed by atoms with Crippen LogP contribution in [0.15, 0.2) is 12.4 Å². The Morgan fingerprint density at radius 3 is 2.67 bits per heavy atom. The Hall–Kier alpha value is -2.12. The molecule has 0 fully saturated rings. The Balaban J connectivity index is 1.95. The van der Waals surface area contributed by atoms with Gasteiger partial charge in [-0.15, -0.1) is 5.10 Å². The lowest BCUT2D eigenvalue weighted by Crippen LogP contribution is -2.37. The molecule has 8 nitrogen and oxygen atoms in total. The molecular weight excluding hydrogens is 238 g/mol. The number of carbonyl (C=O) groups excluding carboxylic acids is 1. The van der Waals surface area contributed by atoms with Crippen molar-refractivity contribution in [1.82, 2.24) is 25.6 Å². The van der Waals surface area contributed by atoms with Crippen LogP contribution in [-0.4, -0.2) is 45.2 Å². The molecular formula is C10H17N5O3. The van der Waals surface area contributed by atoms with Gasteiger partial charge in [0.1, 0.15) is 0 Å². The maximum absolute atomic E-state index is 11.3. The number of carbonyl (C=O) groups is 2. The van der Waals surface area contributed by atoms with Crippen molar-refractivity contribution >= 4 is 12.0 Å². The van der Waals surface area contributed by atoms with E-state index < -0.39 is 5.97 Å². The summed E-state index contributed by atoms with van der Waals surface area (Å²) < 4.78 is 1.62. The van der Waals surface area contributed by atoms with Crippen LogP contribution < -0.4 is 10.6 Å². The number of aliphatic carboxylic acids is 1. The Morgan fingerprint density at radius 2 is 2.00 bits per heavy atom. The van der Waals surface area contributed by atoms with Crippen LogP contribution in [0.4, 0.5) is 4.79 Å². The number of amides is 2. The first kappa shape index (κ1) is 13.9. The summed E-state index contributed by atoms with van der Waals surface area (Å²) in [6, 6.07) is -0.259. The van der Waals surface area contributed by atoms with Gasteiger partial charge < -0.3 is 15.7 Å². The lowest BCUT2D eigenvalue weighted by atomic mass is 10.2. The molecule has 8 heteroatoms. The molecule has 2 amide bonds. The number of nitrogens with one attached hydrogen (secondary N) is 2. The molecule has 0 bridgehead atoms. The first-order valence-corrected chi connectivity index (χ1v) is 5.76. The fourth-order valence-corrected chi connectivity index (χ4v) is 1.30. The number of urea groups is 1. The van der Waals surface area contributed by atoms with Crippen LogP contribution in [0.2, 0.25) is 0 Å². The van der Waals surface area contributed by atoms with Gasteiger partial charge in [0.25, 0.3) is 0 Å². The summed E-state index contributed by atoms with van der Waals surface area (Å²) in [4.78, 5) is 21.5. The maximum atomic E-state index is 11.3. The highest BCUT2D eigenvalue weighted by Gasteiger charge is 2.00. The molecule has 0 saturated carbocycles. The monoisotopic (exact) mass is 255 g/mol. The van der Waals surface area contributed by atoms with Crippen LogP contribution in [-0.2, 0) is 11.3 Å². The minimum atomic E-state index is -0.813. The molecule has 1 heterocycles. The molecule has 100 valence electrons. The van der Waals surface area contributed by atoms with Gasteiger partial charge in [0, 0.05) is 25.7 Å². The van der Waals surface area contributed by atoms with Gasteiger partial charge in [-0.1, -0.05) is 5.21 Å². The van der Waals surface area contributed by atoms with E-state index in [1.165, 1.54) is 0 Å². The fraction of sp³-hybridized carbons (Fsp3) is 0.600. The summed E-state index contributed by atoms with van der Waals surface area (Å²) in [7, 11) is 0. The van der Waals surface area contributed by atoms with Crippen molar-refractivity contribution in [2.24, 2.45) is 0 Å². The smallest absolute Gasteiger partial charge is 0.314 e. The van der Waals surface area contributed by atoms with Gasteiger partial charge in [-0.3, -0.25) is 9.48 Å². The van der Waals surface area contributed by atoms with Gasteiger partial charge in [0.05, 0.1) is 12.7 Å². The van der Waals surface area contributed by atoms with E-state index in [0.717, 1.165) is 0 Å². The Labute approximate surface area is 104 Å². The lowest BCUT2D eigenvalue weighted by Gasteiger charge is -2.06. The van der Waals surface area contributed by atoms with E-state index >= 15 is 0 Å². The molecule has 3 N–H and O–H groups in total. The summed E-state index contributed by atoms with van der Waals surface area (Å²) in [6.07, 6.45) is 4.64. The van der Waals surface area contributed by atoms with E-state index in [-0.39, 0.29) is 12.5 Å². The van der Waals surface area contributed by atoms with Gasteiger partial charge in [0.2, 0.25) is 0 Å². The highest BCUT2D eigenvalue weighted by atomic mass is 16.4. The Kier molecular flexibility index (Phi) is 6.23. The fourth-order valence-electron chi connectivity index (χ4n) is 1.30. The van der Waals surface area contributed by atoms with Gasteiger partial charge in [-0.25, -0.2) is 4.79 Å². The third-order valence-electron chi connectivity index (χ3n) is 2.20. The van der Waals surface area contributed by atoms with Crippen molar-refractivity contribution in [3.63, 3.8) is 0 Å². The quantitative estimate of drug-likeness (QED) is 0.559. The van der Waals surface area contributed by atoms with Gasteiger partial charge in [0.15, 0.2) is 0 Å². The average Bonchev–Trinajstić information content (AvgIpc) is 2.81. The van der Waals surface area contributed by atoms with Crippen molar-refractivity contribution in [1.29, 1.82) is 0 Å². The predicted molar refractivity (Wildman–Crippen MR) is 62.9 cm³/mol. The molecule has 0 saturated heterocycles. The zero-order chi connectivity index (χ0) is 13.2. The van der Waals surface area contributed by atoms with E-state index in [2.05, 4.69) is 20.9 Å². The first-order chi connectivity index (χ1) is 8.68. The molecule has 0 aliphatic carbocycles. The Bertz CT molecular complexity index is 366. The lowest BCUT2D eigenvalue weighted by molar-refractivity contribution is -0.137. The van der Waals surface area contributed by atoms with Crippen LogP contribution in [0.25, 0.3) is 0 Å². The number of carboxylic acids is 1. The number of rotatable bonds is 8. The third kappa shape index (κ3) is 6.46. The zero-order valence-electron chi connectivity index (χ0n) is 10.0. The molecule has 0 aromatic carbocycles.